The number of hydrogen-bond donors (Lipinski definition) is 5. The van der Waals surface area contributed by atoms with Gasteiger partial charge < -0.3 is 20.5 Å². The molecule has 1 rings (SSSR count). The second-order valence-electron chi connectivity index (χ2n) is 6.35. The highest BCUT2D eigenvalue weighted by molar-refractivity contribution is 7.78. The van der Waals surface area contributed by atoms with Crippen LogP contribution in [0.1, 0.15) is 37.7 Å². The minimum atomic E-state index is -1.04. The molecule has 1 aromatic carbocycles. The van der Waals surface area contributed by atoms with Gasteiger partial charge in [0.05, 0.1) is 13.0 Å². The molecule has 29 heavy (non-hydrogen) atoms. The molecule has 0 fully saturated rings. The molecule has 10 heteroatoms. The van der Waals surface area contributed by atoms with E-state index < -0.39 is 29.7 Å². The third-order valence-corrected chi connectivity index (χ3v) is 4.19. The fourth-order valence-corrected chi connectivity index (χ4v) is 2.62. The molecule has 158 valence electrons. The lowest BCUT2D eigenvalue weighted by Crippen LogP contribution is -2.49. The highest BCUT2D eigenvalue weighted by Gasteiger charge is 2.20. The molecule has 0 radical (unpaired) electrons. The highest BCUT2D eigenvalue weighted by atomic mass is 32.1. The van der Waals surface area contributed by atoms with Crippen LogP contribution in [0.2, 0.25) is 0 Å². The van der Waals surface area contributed by atoms with Crippen LogP contribution in [-0.4, -0.2) is 47.2 Å². The maximum absolute atomic E-state index is 12.1. The Hall–Kier alpha value is -2.88. The molecule has 0 heterocycles. The van der Waals surface area contributed by atoms with Crippen LogP contribution in [0.25, 0.3) is 0 Å². The zero-order valence-corrected chi connectivity index (χ0v) is 16.7. The number of carboxylic acids is 1. The third-order valence-electron chi connectivity index (χ3n) is 3.97. The van der Waals surface area contributed by atoms with Crippen molar-refractivity contribution in [3.63, 3.8) is 0 Å². The van der Waals surface area contributed by atoms with Crippen LogP contribution < -0.4 is 15.4 Å². The molecule has 1 aromatic rings. The monoisotopic (exact) mass is 423 g/mol. The van der Waals surface area contributed by atoms with E-state index in [2.05, 4.69) is 28.2 Å². The summed E-state index contributed by atoms with van der Waals surface area (Å²) in [5.74, 6) is -2.69. The smallest absolute Gasteiger partial charge is 0.303 e. The van der Waals surface area contributed by atoms with E-state index in [1.807, 2.05) is 30.3 Å². The number of benzene rings is 1. The molecule has 0 aromatic heterocycles. The van der Waals surface area contributed by atoms with Crippen LogP contribution in [0.3, 0.4) is 0 Å². The normalized spacial score (nSPS) is 11.2. The summed E-state index contributed by atoms with van der Waals surface area (Å²) in [6.45, 7) is -0.309. The summed E-state index contributed by atoms with van der Waals surface area (Å²) < 4.78 is 2.20. The Morgan fingerprint density at radius 2 is 1.62 bits per heavy atom. The van der Waals surface area contributed by atoms with Crippen LogP contribution in [0, 0.1) is 0 Å². The maximum atomic E-state index is 12.1. The van der Waals surface area contributed by atoms with Gasteiger partial charge in [-0.05, 0) is 12.0 Å². The van der Waals surface area contributed by atoms with Crippen LogP contribution >= 0.6 is 12.8 Å². The van der Waals surface area contributed by atoms with Gasteiger partial charge in [-0.15, -0.1) is 0 Å². The van der Waals surface area contributed by atoms with Crippen LogP contribution in [0.4, 0.5) is 0 Å². The van der Waals surface area contributed by atoms with Gasteiger partial charge in [0, 0.05) is 25.7 Å². The molecule has 0 aliphatic carbocycles. The number of rotatable bonds is 13. The molecule has 0 saturated carbocycles. The van der Waals surface area contributed by atoms with Gasteiger partial charge in [-0.2, -0.15) is 0 Å². The maximum Gasteiger partial charge on any atom is 0.303 e. The Balaban J connectivity index is 2.35. The van der Waals surface area contributed by atoms with Crippen molar-refractivity contribution in [2.75, 3.05) is 6.54 Å². The first-order valence-corrected chi connectivity index (χ1v) is 9.54. The molecule has 1 atom stereocenters. The van der Waals surface area contributed by atoms with Crippen molar-refractivity contribution in [3.8, 4) is 0 Å². The second-order valence-corrected chi connectivity index (χ2v) is 6.57. The molecule has 0 aliphatic heterocycles. The molecule has 0 spiro atoms. The molecule has 9 nitrogen and oxygen atoms in total. The number of hydrogen-bond acceptors (Lipinski definition) is 6. The Labute approximate surface area is 174 Å². The fourth-order valence-electron chi connectivity index (χ4n) is 2.47. The lowest BCUT2D eigenvalue weighted by atomic mass is 10.1. The Kier molecular flexibility index (Phi) is 11.1. The molecule has 0 unspecified atom stereocenters. The minimum Gasteiger partial charge on any atom is -0.481 e. The fraction of sp³-hybridized carbons (Fsp3) is 0.421. The summed E-state index contributed by atoms with van der Waals surface area (Å²) in [4.78, 5) is 57.6. The van der Waals surface area contributed by atoms with E-state index in [1.54, 1.807) is 0 Å². The van der Waals surface area contributed by atoms with Crippen molar-refractivity contribution in [1.82, 2.24) is 15.4 Å². The van der Waals surface area contributed by atoms with Crippen LogP contribution in [-0.2, 0) is 30.4 Å². The minimum absolute atomic E-state index is 0.0384. The van der Waals surface area contributed by atoms with Gasteiger partial charge in [-0.25, -0.2) is 0 Å². The van der Waals surface area contributed by atoms with E-state index in [-0.39, 0.29) is 50.9 Å². The van der Waals surface area contributed by atoms with E-state index in [9.17, 15) is 24.0 Å². The lowest BCUT2D eigenvalue weighted by molar-refractivity contribution is -0.138. The van der Waals surface area contributed by atoms with Gasteiger partial charge in [-0.1, -0.05) is 43.1 Å². The first kappa shape index (κ1) is 24.2. The zero-order valence-electron chi connectivity index (χ0n) is 15.8. The van der Waals surface area contributed by atoms with Crippen molar-refractivity contribution >= 4 is 42.3 Å². The number of aliphatic carboxylic acids is 1. The van der Waals surface area contributed by atoms with E-state index in [0.717, 1.165) is 5.56 Å². The summed E-state index contributed by atoms with van der Waals surface area (Å²) in [6, 6.07) is 8.28. The number of carbonyl (C=O) groups excluding carboxylic acids is 4. The number of carboxylic acid groups (broad SMARTS) is 1. The predicted molar refractivity (Wildman–Crippen MR) is 108 cm³/mol. The average molecular weight is 423 g/mol. The molecular formula is C19H25N3O6S. The summed E-state index contributed by atoms with van der Waals surface area (Å²) >= 11 is 3.73. The third kappa shape index (κ3) is 10.9. The number of Topliss-reactive ketones (excluding diaryl/α,β-unsaturated/α-hetero) is 1. The second kappa shape index (κ2) is 13.3. The standard InChI is InChI=1S/C19H25N3O6S/c23-14(9-10-18(26)27)7-4-8-16(24)20-12-17(25)21-15(19(28)22-29)11-13-5-2-1-3-6-13/h1-3,5-6,15,29H,4,7-12H2,(H,20,24)(H,21,25)(H,22,28)(H,26,27)/t15-/m0/s1. The number of carbonyl (C=O) groups is 5. The lowest BCUT2D eigenvalue weighted by Gasteiger charge is -2.17. The summed E-state index contributed by atoms with van der Waals surface area (Å²) in [7, 11) is 0. The zero-order chi connectivity index (χ0) is 21.6. The summed E-state index contributed by atoms with van der Waals surface area (Å²) in [5.41, 5.74) is 0.853. The van der Waals surface area contributed by atoms with Crippen molar-refractivity contribution in [3.05, 3.63) is 35.9 Å². The van der Waals surface area contributed by atoms with Gasteiger partial charge in [0.25, 0.3) is 5.91 Å². The van der Waals surface area contributed by atoms with E-state index in [4.69, 9.17) is 5.11 Å². The molecule has 3 amide bonds. The number of amides is 3. The highest BCUT2D eigenvalue weighted by Crippen LogP contribution is 2.04. The van der Waals surface area contributed by atoms with Crippen molar-refractivity contribution in [2.45, 2.75) is 44.6 Å². The van der Waals surface area contributed by atoms with Gasteiger partial charge in [-0.3, -0.25) is 24.0 Å². The quantitative estimate of drug-likeness (QED) is 0.291. The van der Waals surface area contributed by atoms with Gasteiger partial charge >= 0.3 is 5.97 Å². The van der Waals surface area contributed by atoms with E-state index >= 15 is 0 Å². The number of thiol groups is 1. The number of ketones is 1. The topological polar surface area (TPSA) is 142 Å². The Morgan fingerprint density at radius 1 is 0.931 bits per heavy atom. The Morgan fingerprint density at radius 3 is 2.24 bits per heavy atom. The largest absolute Gasteiger partial charge is 0.481 e. The molecule has 0 aliphatic rings. The van der Waals surface area contributed by atoms with E-state index in [1.165, 1.54) is 0 Å². The van der Waals surface area contributed by atoms with Gasteiger partial charge in [0.15, 0.2) is 0 Å². The molecule has 0 bridgehead atoms. The van der Waals surface area contributed by atoms with Crippen LogP contribution in [0.5, 0.6) is 0 Å². The molecular weight excluding hydrogens is 398 g/mol. The first-order valence-electron chi connectivity index (χ1n) is 9.09. The van der Waals surface area contributed by atoms with Crippen molar-refractivity contribution in [2.24, 2.45) is 0 Å². The van der Waals surface area contributed by atoms with Gasteiger partial charge in [0.1, 0.15) is 11.8 Å². The average Bonchev–Trinajstić information content (AvgIpc) is 2.70. The van der Waals surface area contributed by atoms with Gasteiger partial charge in [0.2, 0.25) is 11.8 Å². The van der Waals surface area contributed by atoms with Crippen LogP contribution in [0.15, 0.2) is 30.3 Å². The molecule has 4 N–H and O–H groups in total. The Bertz CT molecular complexity index is 726. The predicted octanol–water partition coefficient (Wildman–Crippen LogP) is 0.395. The SMILES string of the molecule is O=C(O)CCC(=O)CCCC(=O)NCC(=O)N[C@@H](Cc1ccccc1)C(=O)NS. The van der Waals surface area contributed by atoms with E-state index in [0.29, 0.717) is 0 Å². The summed E-state index contributed by atoms with van der Waals surface area (Å²) in [6.07, 6.45) is 0.394. The summed E-state index contributed by atoms with van der Waals surface area (Å²) in [5, 5.41) is 13.5. The van der Waals surface area contributed by atoms with Crippen molar-refractivity contribution in [1.29, 1.82) is 0 Å². The first-order chi connectivity index (χ1) is 13.8. The number of nitrogens with one attached hydrogen (secondary N) is 3. The van der Waals surface area contributed by atoms with Crippen molar-refractivity contribution < 1.29 is 29.1 Å². The molecule has 0 saturated heterocycles.